The van der Waals surface area contributed by atoms with Crippen LogP contribution >= 0.6 is 12.6 Å². The Morgan fingerprint density at radius 1 is 1.18 bits per heavy atom. The SMILES string of the molecule is Cc1ccc(N(C)CC(CS)C(C)(C)C)cc1. The highest BCUT2D eigenvalue weighted by molar-refractivity contribution is 7.80. The molecule has 2 heteroatoms. The van der Waals surface area contributed by atoms with E-state index in [2.05, 4.69) is 76.5 Å². The zero-order valence-corrected chi connectivity index (χ0v) is 12.6. The summed E-state index contributed by atoms with van der Waals surface area (Å²) in [6.45, 7) is 10.0. The van der Waals surface area contributed by atoms with Gasteiger partial charge >= 0.3 is 0 Å². The van der Waals surface area contributed by atoms with Gasteiger partial charge < -0.3 is 4.90 Å². The van der Waals surface area contributed by atoms with Gasteiger partial charge in [-0.05, 0) is 36.1 Å². The van der Waals surface area contributed by atoms with Crippen LogP contribution in [-0.2, 0) is 0 Å². The van der Waals surface area contributed by atoms with Crippen molar-refractivity contribution in [3.63, 3.8) is 0 Å². The van der Waals surface area contributed by atoms with E-state index in [1.54, 1.807) is 0 Å². The molecule has 0 saturated carbocycles. The standard InChI is InChI=1S/C15H25NS/c1-12-6-8-14(9-7-12)16(5)10-13(11-17)15(2,3)4/h6-9,13,17H,10-11H2,1-5H3. The Bertz CT molecular complexity index is 337. The normalized spacial score (nSPS) is 13.5. The molecule has 1 atom stereocenters. The molecule has 0 saturated heterocycles. The fourth-order valence-electron chi connectivity index (χ4n) is 1.84. The molecule has 0 aliphatic carbocycles. The average molecular weight is 251 g/mol. The Kier molecular flexibility index (Phi) is 4.93. The third kappa shape index (κ3) is 4.27. The average Bonchev–Trinajstić information content (AvgIpc) is 2.24. The van der Waals surface area contributed by atoms with E-state index in [-0.39, 0.29) is 0 Å². The van der Waals surface area contributed by atoms with Crippen molar-refractivity contribution in [3.05, 3.63) is 29.8 Å². The van der Waals surface area contributed by atoms with Crippen molar-refractivity contribution < 1.29 is 0 Å². The monoisotopic (exact) mass is 251 g/mol. The first-order chi connectivity index (χ1) is 7.84. The molecule has 96 valence electrons. The molecule has 0 aliphatic rings. The van der Waals surface area contributed by atoms with Gasteiger partial charge in [0.2, 0.25) is 0 Å². The molecule has 1 aromatic rings. The second-order valence-electron chi connectivity index (χ2n) is 5.96. The molecule has 1 aromatic carbocycles. The molecule has 0 aromatic heterocycles. The molecule has 1 unspecified atom stereocenters. The molecule has 17 heavy (non-hydrogen) atoms. The van der Waals surface area contributed by atoms with Crippen LogP contribution in [0.5, 0.6) is 0 Å². The van der Waals surface area contributed by atoms with Crippen LogP contribution in [0.15, 0.2) is 24.3 Å². The van der Waals surface area contributed by atoms with Crippen molar-refractivity contribution in [1.82, 2.24) is 0 Å². The van der Waals surface area contributed by atoms with Gasteiger partial charge in [-0.2, -0.15) is 12.6 Å². The maximum Gasteiger partial charge on any atom is 0.0363 e. The zero-order chi connectivity index (χ0) is 13.1. The molecule has 0 amide bonds. The fraction of sp³-hybridized carbons (Fsp3) is 0.600. The quantitative estimate of drug-likeness (QED) is 0.791. The highest BCUT2D eigenvalue weighted by Gasteiger charge is 2.24. The van der Waals surface area contributed by atoms with E-state index in [9.17, 15) is 0 Å². The number of hydrogen-bond donors (Lipinski definition) is 1. The lowest BCUT2D eigenvalue weighted by Crippen LogP contribution is -2.34. The Balaban J connectivity index is 2.71. The highest BCUT2D eigenvalue weighted by Crippen LogP contribution is 2.28. The van der Waals surface area contributed by atoms with Crippen LogP contribution in [0.25, 0.3) is 0 Å². The van der Waals surface area contributed by atoms with E-state index in [1.807, 2.05) is 0 Å². The van der Waals surface area contributed by atoms with Gasteiger partial charge in [0.05, 0.1) is 0 Å². The summed E-state index contributed by atoms with van der Waals surface area (Å²) in [5, 5.41) is 0. The number of rotatable bonds is 4. The number of nitrogens with zero attached hydrogens (tertiary/aromatic N) is 1. The Morgan fingerprint density at radius 3 is 2.12 bits per heavy atom. The fourth-order valence-corrected chi connectivity index (χ4v) is 2.50. The summed E-state index contributed by atoms with van der Waals surface area (Å²) in [7, 11) is 2.16. The molecular weight excluding hydrogens is 226 g/mol. The molecular formula is C15H25NS. The van der Waals surface area contributed by atoms with Crippen molar-refractivity contribution in [1.29, 1.82) is 0 Å². The largest absolute Gasteiger partial charge is 0.374 e. The first kappa shape index (κ1) is 14.4. The van der Waals surface area contributed by atoms with Gasteiger partial charge in [0.1, 0.15) is 0 Å². The Hall–Kier alpha value is -0.630. The molecule has 0 fully saturated rings. The van der Waals surface area contributed by atoms with Crippen LogP contribution in [0.3, 0.4) is 0 Å². The van der Waals surface area contributed by atoms with Gasteiger partial charge in [0, 0.05) is 19.3 Å². The van der Waals surface area contributed by atoms with Crippen molar-refractivity contribution in [3.8, 4) is 0 Å². The number of hydrogen-bond acceptors (Lipinski definition) is 2. The van der Waals surface area contributed by atoms with E-state index in [0.29, 0.717) is 11.3 Å². The van der Waals surface area contributed by atoms with E-state index in [1.165, 1.54) is 11.3 Å². The van der Waals surface area contributed by atoms with E-state index < -0.39 is 0 Å². The van der Waals surface area contributed by atoms with Gasteiger partial charge in [-0.15, -0.1) is 0 Å². The number of aryl methyl sites for hydroxylation is 1. The number of thiol groups is 1. The summed E-state index contributed by atoms with van der Waals surface area (Å²) in [4.78, 5) is 2.32. The third-order valence-electron chi connectivity index (χ3n) is 3.41. The third-order valence-corrected chi connectivity index (χ3v) is 3.85. The minimum Gasteiger partial charge on any atom is -0.374 e. The van der Waals surface area contributed by atoms with Crippen molar-refractivity contribution in [2.45, 2.75) is 27.7 Å². The maximum atomic E-state index is 4.49. The maximum absolute atomic E-state index is 4.49. The van der Waals surface area contributed by atoms with Crippen LogP contribution < -0.4 is 4.90 Å². The molecule has 0 radical (unpaired) electrons. The van der Waals surface area contributed by atoms with Crippen LogP contribution in [0.4, 0.5) is 5.69 Å². The summed E-state index contributed by atoms with van der Waals surface area (Å²) in [5.41, 5.74) is 2.90. The van der Waals surface area contributed by atoms with Gasteiger partial charge in [-0.1, -0.05) is 38.5 Å². The van der Waals surface area contributed by atoms with Gasteiger partial charge in [0.25, 0.3) is 0 Å². The van der Waals surface area contributed by atoms with Gasteiger partial charge in [-0.25, -0.2) is 0 Å². The van der Waals surface area contributed by atoms with Gasteiger partial charge in [0.15, 0.2) is 0 Å². The summed E-state index contributed by atoms with van der Waals surface area (Å²) < 4.78 is 0. The lowest BCUT2D eigenvalue weighted by Gasteiger charge is -2.34. The smallest absolute Gasteiger partial charge is 0.0363 e. The molecule has 0 spiro atoms. The van der Waals surface area contributed by atoms with E-state index in [0.717, 1.165) is 12.3 Å². The molecule has 0 heterocycles. The van der Waals surface area contributed by atoms with Crippen molar-refractivity contribution in [2.75, 3.05) is 24.2 Å². The Labute approximate surface area is 112 Å². The summed E-state index contributed by atoms with van der Waals surface area (Å²) >= 11 is 4.49. The predicted octanol–water partition coefficient (Wildman–Crippen LogP) is 4.02. The van der Waals surface area contributed by atoms with Crippen LogP contribution in [-0.4, -0.2) is 19.3 Å². The highest BCUT2D eigenvalue weighted by atomic mass is 32.1. The number of anilines is 1. The molecule has 1 rings (SSSR count). The molecule has 0 N–H and O–H groups in total. The lowest BCUT2D eigenvalue weighted by atomic mass is 9.81. The summed E-state index contributed by atoms with van der Waals surface area (Å²) in [6, 6.07) is 8.71. The van der Waals surface area contributed by atoms with Crippen LogP contribution in [0.2, 0.25) is 0 Å². The second-order valence-corrected chi connectivity index (χ2v) is 6.33. The van der Waals surface area contributed by atoms with Crippen LogP contribution in [0.1, 0.15) is 26.3 Å². The Morgan fingerprint density at radius 2 is 1.71 bits per heavy atom. The second kappa shape index (κ2) is 5.81. The van der Waals surface area contributed by atoms with E-state index >= 15 is 0 Å². The topological polar surface area (TPSA) is 3.24 Å². The number of benzene rings is 1. The first-order valence-electron chi connectivity index (χ1n) is 6.23. The molecule has 1 nitrogen and oxygen atoms in total. The van der Waals surface area contributed by atoms with Crippen molar-refractivity contribution in [2.24, 2.45) is 11.3 Å². The minimum absolute atomic E-state index is 0.306. The molecule has 0 bridgehead atoms. The minimum atomic E-state index is 0.306. The molecule has 0 aliphatic heterocycles. The summed E-state index contributed by atoms with van der Waals surface area (Å²) in [6.07, 6.45) is 0. The summed E-state index contributed by atoms with van der Waals surface area (Å²) in [5.74, 6) is 1.52. The first-order valence-corrected chi connectivity index (χ1v) is 6.86. The lowest BCUT2D eigenvalue weighted by molar-refractivity contribution is 0.272. The van der Waals surface area contributed by atoms with Gasteiger partial charge in [-0.3, -0.25) is 0 Å². The van der Waals surface area contributed by atoms with E-state index in [4.69, 9.17) is 0 Å². The zero-order valence-electron chi connectivity index (χ0n) is 11.7. The predicted molar refractivity (Wildman–Crippen MR) is 81.2 cm³/mol. The van der Waals surface area contributed by atoms with Crippen LogP contribution in [0, 0.1) is 18.3 Å². The van der Waals surface area contributed by atoms with Crippen molar-refractivity contribution >= 4 is 18.3 Å².